The largest absolute Gasteiger partial charge is 0.477 e. The number of amides is 1. The average molecular weight is 1220 g/mol. The fraction of sp³-hybridized carbons (Fsp3) is 0.219. The zero-order valence-corrected chi connectivity index (χ0v) is 47.1. The molecule has 0 bridgehead atoms. The quantitative estimate of drug-likeness (QED) is 0.0535. The minimum absolute atomic E-state index is 0.00477. The summed E-state index contributed by atoms with van der Waals surface area (Å²) >= 11 is 0. The second kappa shape index (κ2) is 25.0. The van der Waals surface area contributed by atoms with Gasteiger partial charge in [-0.25, -0.2) is 83.9 Å². The summed E-state index contributed by atoms with van der Waals surface area (Å²) in [6.45, 7) is 29.4. The topological polar surface area (TPSA) is 229 Å². The van der Waals surface area contributed by atoms with Crippen LogP contribution in [-0.4, -0.2) is 79.1 Å². The van der Waals surface area contributed by atoms with Crippen molar-refractivity contribution < 1.29 is 50.5 Å². The minimum Gasteiger partial charge on any atom is -0.477 e. The number of aromatic nitrogens is 10. The number of carbonyl (C=O) groups is 2. The molecular formula is C64H45F6N15O5. The molecule has 0 aliphatic heterocycles. The highest BCUT2D eigenvalue weighted by molar-refractivity contribution is 5.93. The molecule has 10 aromatic rings. The van der Waals surface area contributed by atoms with Crippen molar-refractivity contribution in [2.24, 2.45) is 16.6 Å². The van der Waals surface area contributed by atoms with Gasteiger partial charge in [-0.1, -0.05) is 24.3 Å². The lowest BCUT2D eigenvalue weighted by molar-refractivity contribution is 0.0690. The van der Waals surface area contributed by atoms with E-state index in [1.54, 1.807) is 15.2 Å². The van der Waals surface area contributed by atoms with Crippen molar-refractivity contribution in [1.82, 2.24) is 49.0 Å². The van der Waals surface area contributed by atoms with Gasteiger partial charge in [-0.05, 0) is 110 Å². The van der Waals surface area contributed by atoms with Crippen molar-refractivity contribution in [2.75, 3.05) is 13.1 Å². The van der Waals surface area contributed by atoms with E-state index < -0.39 is 46.8 Å². The van der Waals surface area contributed by atoms with Gasteiger partial charge in [0.05, 0.1) is 35.4 Å². The molecule has 4 aromatic carbocycles. The summed E-state index contributed by atoms with van der Waals surface area (Å²) in [5, 5.41) is 9.46. The Kier molecular flexibility index (Phi) is 16.7. The average Bonchev–Trinajstić information content (AvgIpc) is 1.79. The molecule has 0 unspecified atom stereocenters. The zero-order valence-electron chi connectivity index (χ0n) is 47.1. The molecule has 2 saturated carbocycles. The van der Waals surface area contributed by atoms with Gasteiger partial charge >= 0.3 is 18.0 Å². The SMILES string of the molecule is [C-]#[N+]CC1(Cn2c(Cc3cc(F)c(-c4ccnc(OCc5ccc([N+]#[C-])cc5F)n4)cc3F)nc3ccc(C(=O)O)nc32)CC1.[C-]#[N+]CC1(Cn2c(Cc3cc(F)c(-c4ccnc(OCc5ccc([N+]#[C-])cc5F)n4)cc3F)nc3ccc(C(N)=O)nc32)CC1. The Bertz CT molecular complexity index is 4420. The summed E-state index contributed by atoms with van der Waals surface area (Å²) in [5.41, 5.74) is 6.74. The summed E-state index contributed by atoms with van der Waals surface area (Å²) in [6, 6.07) is 20.4. The van der Waals surface area contributed by atoms with Crippen molar-refractivity contribution in [3.05, 3.63) is 235 Å². The third-order valence-electron chi connectivity index (χ3n) is 15.4. The van der Waals surface area contributed by atoms with E-state index in [0.717, 1.165) is 62.1 Å². The number of pyridine rings is 2. The fourth-order valence-electron chi connectivity index (χ4n) is 10.1. The predicted octanol–water partition coefficient (Wildman–Crippen LogP) is 12.2. The summed E-state index contributed by atoms with van der Waals surface area (Å²) in [6.07, 6.45) is 5.68. The number of rotatable bonds is 20. The van der Waals surface area contributed by atoms with E-state index in [4.69, 9.17) is 41.5 Å². The van der Waals surface area contributed by atoms with E-state index in [9.17, 15) is 23.5 Å². The van der Waals surface area contributed by atoms with E-state index in [2.05, 4.69) is 59.3 Å². The van der Waals surface area contributed by atoms with Gasteiger partial charge in [-0.3, -0.25) is 4.79 Å². The van der Waals surface area contributed by atoms with E-state index in [1.807, 2.05) is 0 Å². The summed E-state index contributed by atoms with van der Waals surface area (Å²) in [5.74, 6) is -5.37. The third-order valence-corrected chi connectivity index (χ3v) is 15.4. The van der Waals surface area contributed by atoms with Crippen molar-refractivity contribution in [3.63, 3.8) is 0 Å². The van der Waals surface area contributed by atoms with Crippen LogP contribution in [0.5, 0.6) is 12.0 Å². The molecule has 2 aliphatic rings. The minimum atomic E-state index is -1.21. The fourth-order valence-corrected chi connectivity index (χ4v) is 10.1. The molecule has 0 radical (unpaired) electrons. The van der Waals surface area contributed by atoms with E-state index in [-0.39, 0.29) is 123 Å². The Morgan fingerprint density at radius 1 is 0.522 bits per heavy atom. The highest BCUT2D eigenvalue weighted by Crippen LogP contribution is 2.49. The molecule has 0 saturated heterocycles. The highest BCUT2D eigenvalue weighted by atomic mass is 19.1. The van der Waals surface area contributed by atoms with Crippen LogP contribution in [0.3, 0.4) is 0 Å². The van der Waals surface area contributed by atoms with Gasteiger partial charge in [0.2, 0.25) is 13.1 Å². The summed E-state index contributed by atoms with van der Waals surface area (Å²) < 4.78 is 105. The Balaban J connectivity index is 0.000000185. The molecule has 2 aliphatic carbocycles. The Morgan fingerprint density at radius 2 is 0.944 bits per heavy atom. The number of imidazole rings is 2. The van der Waals surface area contributed by atoms with Crippen molar-refractivity contribution in [3.8, 4) is 34.5 Å². The number of aromatic carboxylic acids is 1. The van der Waals surface area contributed by atoms with Gasteiger partial charge in [0.1, 0.15) is 76.5 Å². The lowest BCUT2D eigenvalue weighted by Crippen LogP contribution is -2.18. The number of nitrogens with zero attached hydrogens (tertiary/aromatic N) is 14. The molecule has 6 heterocycles. The first-order valence-electron chi connectivity index (χ1n) is 27.5. The Morgan fingerprint density at radius 3 is 1.33 bits per heavy atom. The Labute approximate surface area is 507 Å². The highest BCUT2D eigenvalue weighted by Gasteiger charge is 2.48. The molecule has 0 spiro atoms. The Hall–Kier alpha value is -11.6. The van der Waals surface area contributed by atoms with Crippen LogP contribution in [0.15, 0.2) is 109 Å². The first-order valence-corrected chi connectivity index (χ1v) is 27.5. The molecule has 6 aromatic heterocycles. The van der Waals surface area contributed by atoms with Gasteiger partial charge in [-0.15, -0.1) is 0 Å². The number of benzene rings is 4. The standard InChI is InChI=1S/C32H23F3N8O2.C32H22F3N7O3/c1-37-16-32(8-9-32)17-43-28(40-27-6-5-26(29(36)44)41-30(27)43)12-19-11-24(35)21(14-23(19)34)25-7-10-39-31(42-25)45-15-18-3-4-20(38-2)13-22(18)33;1-36-16-32(8-9-32)17-42-28(39-26-5-6-27(30(43)44)40-29(26)42)12-19-11-24(35)21(14-23(19)34)25-7-10-38-31(41-25)45-15-18-3-4-20(37-2)13-22(18)33/h3-7,10-11,13-14H,8-9,12,15-17H2,(H2,36,44);3-7,10-11,13-14H,8-9,12,15-17H2,(H,43,44). The number of fused-ring (bicyclic) bond motifs is 2. The molecule has 448 valence electrons. The summed E-state index contributed by atoms with van der Waals surface area (Å²) in [4.78, 5) is 70.9. The number of primary amides is 1. The summed E-state index contributed by atoms with van der Waals surface area (Å²) in [7, 11) is 0. The van der Waals surface area contributed by atoms with Crippen molar-refractivity contribution >= 4 is 45.6 Å². The van der Waals surface area contributed by atoms with E-state index in [0.29, 0.717) is 53.6 Å². The van der Waals surface area contributed by atoms with Crippen LogP contribution in [0.25, 0.3) is 64.2 Å². The van der Waals surface area contributed by atoms with Crippen LogP contribution in [0.2, 0.25) is 0 Å². The monoisotopic (exact) mass is 1220 g/mol. The van der Waals surface area contributed by atoms with E-state index >= 15 is 17.6 Å². The maximum Gasteiger partial charge on any atom is 0.354 e. The van der Waals surface area contributed by atoms with Gasteiger partial charge in [0.15, 0.2) is 28.4 Å². The second-order valence-corrected chi connectivity index (χ2v) is 21.6. The normalized spacial score (nSPS) is 13.3. The maximum absolute atomic E-state index is 15.5. The lowest BCUT2D eigenvalue weighted by Gasteiger charge is -2.14. The predicted molar refractivity (Wildman–Crippen MR) is 311 cm³/mol. The van der Waals surface area contributed by atoms with Crippen LogP contribution in [0, 0.1) is 72.0 Å². The molecular weight excluding hydrogens is 1170 g/mol. The molecule has 26 heteroatoms. The number of carboxylic acids is 1. The van der Waals surface area contributed by atoms with Crippen LogP contribution in [0.1, 0.15) is 80.6 Å². The molecule has 20 nitrogen and oxygen atoms in total. The van der Waals surface area contributed by atoms with Crippen molar-refractivity contribution in [1.29, 1.82) is 0 Å². The van der Waals surface area contributed by atoms with Crippen LogP contribution < -0.4 is 15.2 Å². The molecule has 1 amide bonds. The lowest BCUT2D eigenvalue weighted by atomic mass is 10.0. The maximum atomic E-state index is 15.5. The number of nitrogens with two attached hydrogens (primary N) is 1. The van der Waals surface area contributed by atoms with Crippen LogP contribution in [0.4, 0.5) is 37.7 Å². The number of ether oxygens (including phenoxy) is 2. The number of halogens is 6. The van der Waals surface area contributed by atoms with E-state index in [1.165, 1.54) is 67.0 Å². The number of carbonyl (C=O) groups excluding carboxylic acids is 1. The molecule has 3 N–H and O–H groups in total. The zero-order chi connectivity index (χ0) is 63.4. The van der Waals surface area contributed by atoms with Gasteiger partial charge in [-0.2, -0.15) is 9.97 Å². The first-order chi connectivity index (χ1) is 43.4. The van der Waals surface area contributed by atoms with Gasteiger partial charge < -0.3 is 39.1 Å². The van der Waals surface area contributed by atoms with Gasteiger partial charge in [0, 0.05) is 60.6 Å². The van der Waals surface area contributed by atoms with Gasteiger partial charge in [0.25, 0.3) is 5.91 Å². The molecule has 0 atom stereocenters. The smallest absolute Gasteiger partial charge is 0.354 e. The molecule has 90 heavy (non-hydrogen) atoms. The molecule has 2 fully saturated rings. The second-order valence-electron chi connectivity index (χ2n) is 21.6. The third kappa shape index (κ3) is 13.0. The number of hydrogen-bond donors (Lipinski definition) is 2. The molecule has 12 rings (SSSR count). The van der Waals surface area contributed by atoms with Crippen LogP contribution in [-0.2, 0) is 39.1 Å². The van der Waals surface area contributed by atoms with Crippen LogP contribution >= 0.6 is 0 Å². The van der Waals surface area contributed by atoms with Crippen molar-refractivity contribution in [2.45, 2.75) is 64.8 Å². The number of hydrogen-bond acceptors (Lipinski definition) is 12. The first kappa shape index (κ1) is 60.1. The number of carboxylic acid groups (broad SMARTS) is 1.